The van der Waals surface area contributed by atoms with Crippen molar-refractivity contribution < 1.29 is 0 Å². The van der Waals surface area contributed by atoms with E-state index in [0.717, 1.165) is 5.69 Å². The van der Waals surface area contributed by atoms with E-state index in [2.05, 4.69) is 191 Å². The van der Waals surface area contributed by atoms with Gasteiger partial charge in [-0.1, -0.05) is 121 Å². The molecule has 3 heterocycles. The zero-order chi connectivity index (χ0) is 33.5. The first-order valence-corrected chi connectivity index (χ1v) is 18.3. The molecule has 3 aromatic heterocycles. The Morgan fingerprint density at radius 1 is 0.333 bits per heavy atom. The van der Waals surface area contributed by atoms with Gasteiger partial charge in [0.1, 0.15) is 0 Å². The highest BCUT2D eigenvalue weighted by molar-refractivity contribution is 7.25. The van der Waals surface area contributed by atoms with Crippen LogP contribution in [0.25, 0.3) is 97.4 Å². The van der Waals surface area contributed by atoms with Crippen molar-refractivity contribution in [2.75, 3.05) is 0 Å². The zero-order valence-corrected chi connectivity index (χ0v) is 28.4. The standard InChI is InChI=1S/C48H30N2S/c1-3-13-31(14-4-1)35-26-27-43-48(39-19-8-11-21-42(39)49(43)33-15-5-2-6-16-33)47(35)32-23-25-37-36-17-7-10-20-41(36)50(44(37)29-32)34-24-28-46-40(30-34)38-18-9-12-22-45(38)51-46/h1-30H. The summed E-state index contributed by atoms with van der Waals surface area (Å²) in [6.07, 6.45) is 0. The number of nitrogens with zero attached hydrogens (tertiary/aromatic N) is 2. The van der Waals surface area contributed by atoms with Gasteiger partial charge in [-0.05, 0) is 82.9 Å². The molecule has 0 saturated heterocycles. The zero-order valence-electron chi connectivity index (χ0n) is 27.6. The number of para-hydroxylation sites is 3. The Balaban J connectivity index is 1.25. The number of benzene rings is 8. The maximum absolute atomic E-state index is 2.47. The summed E-state index contributed by atoms with van der Waals surface area (Å²) in [6, 6.07) is 66.7. The van der Waals surface area contributed by atoms with Crippen LogP contribution in [-0.4, -0.2) is 9.13 Å². The van der Waals surface area contributed by atoms with E-state index in [9.17, 15) is 0 Å². The lowest BCUT2D eigenvalue weighted by Crippen LogP contribution is -1.95. The van der Waals surface area contributed by atoms with E-state index in [1.165, 1.54) is 91.7 Å². The normalized spacial score (nSPS) is 11.9. The van der Waals surface area contributed by atoms with Crippen LogP contribution in [0.2, 0.25) is 0 Å². The number of hydrogen-bond donors (Lipinski definition) is 0. The van der Waals surface area contributed by atoms with Crippen LogP contribution in [-0.2, 0) is 0 Å². The van der Waals surface area contributed by atoms with E-state index in [1.54, 1.807) is 0 Å². The monoisotopic (exact) mass is 666 g/mol. The molecule has 0 spiro atoms. The maximum atomic E-state index is 2.47. The number of rotatable bonds is 4. The minimum Gasteiger partial charge on any atom is -0.309 e. The fourth-order valence-corrected chi connectivity index (χ4v) is 9.42. The summed E-state index contributed by atoms with van der Waals surface area (Å²) in [5.74, 6) is 0. The molecule has 0 atom stereocenters. The largest absolute Gasteiger partial charge is 0.309 e. The predicted molar refractivity (Wildman–Crippen MR) is 219 cm³/mol. The van der Waals surface area contributed by atoms with Gasteiger partial charge in [-0.25, -0.2) is 0 Å². The second kappa shape index (κ2) is 11.0. The van der Waals surface area contributed by atoms with Crippen LogP contribution in [0.3, 0.4) is 0 Å². The molecule has 3 heteroatoms. The average Bonchev–Trinajstić information content (AvgIpc) is 3.85. The molecular weight excluding hydrogens is 637 g/mol. The van der Waals surface area contributed by atoms with E-state index >= 15 is 0 Å². The minimum atomic E-state index is 1.16. The van der Waals surface area contributed by atoms with Gasteiger partial charge in [-0.2, -0.15) is 0 Å². The van der Waals surface area contributed by atoms with Gasteiger partial charge in [0.15, 0.2) is 0 Å². The van der Waals surface area contributed by atoms with Crippen LogP contribution in [0.4, 0.5) is 0 Å². The van der Waals surface area contributed by atoms with Crippen molar-refractivity contribution in [1.29, 1.82) is 0 Å². The Hall–Kier alpha value is -6.42. The van der Waals surface area contributed by atoms with Gasteiger partial charge in [0, 0.05) is 53.1 Å². The van der Waals surface area contributed by atoms with Gasteiger partial charge in [0.05, 0.1) is 22.1 Å². The molecule has 0 N–H and O–H groups in total. The first kappa shape index (κ1) is 28.4. The molecule has 0 aliphatic carbocycles. The summed E-state index contributed by atoms with van der Waals surface area (Å²) < 4.78 is 7.52. The Kier molecular flexibility index (Phi) is 6.16. The number of aromatic nitrogens is 2. The van der Waals surface area contributed by atoms with Gasteiger partial charge < -0.3 is 9.13 Å². The van der Waals surface area contributed by atoms with Gasteiger partial charge in [0.25, 0.3) is 0 Å². The predicted octanol–water partition coefficient (Wildman–Crippen LogP) is 13.6. The van der Waals surface area contributed by atoms with Crippen LogP contribution in [0, 0.1) is 0 Å². The van der Waals surface area contributed by atoms with Crippen LogP contribution in [0.1, 0.15) is 0 Å². The minimum absolute atomic E-state index is 1.16. The van der Waals surface area contributed by atoms with Crippen molar-refractivity contribution in [3.63, 3.8) is 0 Å². The summed E-state index contributed by atoms with van der Waals surface area (Å²) in [4.78, 5) is 0. The van der Waals surface area contributed by atoms with Crippen LogP contribution in [0.15, 0.2) is 182 Å². The van der Waals surface area contributed by atoms with E-state index in [1.807, 2.05) is 11.3 Å². The number of fused-ring (bicyclic) bond motifs is 9. The van der Waals surface area contributed by atoms with Gasteiger partial charge in [0.2, 0.25) is 0 Å². The third-order valence-electron chi connectivity index (χ3n) is 10.5. The van der Waals surface area contributed by atoms with E-state index < -0.39 is 0 Å². The molecule has 11 rings (SSSR count). The summed E-state index contributed by atoms with van der Waals surface area (Å²) in [7, 11) is 0. The lowest BCUT2D eigenvalue weighted by Gasteiger charge is -2.15. The first-order valence-electron chi connectivity index (χ1n) is 17.4. The van der Waals surface area contributed by atoms with Crippen molar-refractivity contribution >= 4 is 75.1 Å². The SMILES string of the molecule is c1ccc(-c2ccc3c(c2-c2ccc4c5ccccc5n(-c5ccc6sc7ccccc7c6c5)c4c2)c2ccccc2n3-c2ccccc2)cc1. The quantitative estimate of drug-likeness (QED) is 0.177. The average molecular weight is 667 g/mol. The Morgan fingerprint density at radius 3 is 1.78 bits per heavy atom. The Labute approximate surface area is 298 Å². The second-order valence-corrected chi connectivity index (χ2v) is 14.4. The summed E-state index contributed by atoms with van der Waals surface area (Å²) in [5, 5.41) is 7.65. The fourth-order valence-electron chi connectivity index (χ4n) is 8.33. The summed E-state index contributed by atoms with van der Waals surface area (Å²) >= 11 is 1.87. The smallest absolute Gasteiger partial charge is 0.0547 e. The molecule has 238 valence electrons. The summed E-state index contributed by atoms with van der Waals surface area (Å²) in [6.45, 7) is 0. The third kappa shape index (κ3) is 4.22. The molecule has 2 nitrogen and oxygen atoms in total. The first-order chi connectivity index (χ1) is 25.3. The lowest BCUT2D eigenvalue weighted by atomic mass is 9.90. The van der Waals surface area contributed by atoms with Crippen molar-refractivity contribution in [1.82, 2.24) is 9.13 Å². The van der Waals surface area contributed by atoms with Crippen LogP contribution >= 0.6 is 11.3 Å². The van der Waals surface area contributed by atoms with Crippen molar-refractivity contribution in [3.05, 3.63) is 182 Å². The molecule has 0 radical (unpaired) electrons. The molecule has 0 aliphatic rings. The Bertz CT molecular complexity index is 3130. The molecular formula is C48H30N2S. The highest BCUT2D eigenvalue weighted by Crippen LogP contribution is 2.45. The van der Waals surface area contributed by atoms with E-state index in [-0.39, 0.29) is 0 Å². The lowest BCUT2D eigenvalue weighted by molar-refractivity contribution is 1.18. The van der Waals surface area contributed by atoms with Gasteiger partial charge >= 0.3 is 0 Å². The number of hydrogen-bond acceptors (Lipinski definition) is 1. The molecule has 0 unspecified atom stereocenters. The van der Waals surface area contributed by atoms with Gasteiger partial charge in [-0.3, -0.25) is 0 Å². The van der Waals surface area contributed by atoms with E-state index in [0.29, 0.717) is 0 Å². The molecule has 51 heavy (non-hydrogen) atoms. The van der Waals surface area contributed by atoms with E-state index in [4.69, 9.17) is 0 Å². The second-order valence-electron chi connectivity index (χ2n) is 13.3. The molecule has 0 saturated carbocycles. The molecule has 0 amide bonds. The van der Waals surface area contributed by atoms with Crippen molar-refractivity contribution in [3.8, 4) is 33.6 Å². The highest BCUT2D eigenvalue weighted by atomic mass is 32.1. The highest BCUT2D eigenvalue weighted by Gasteiger charge is 2.21. The molecule has 0 aliphatic heterocycles. The van der Waals surface area contributed by atoms with Crippen LogP contribution in [0.5, 0.6) is 0 Å². The van der Waals surface area contributed by atoms with Crippen molar-refractivity contribution in [2.45, 2.75) is 0 Å². The fraction of sp³-hybridized carbons (Fsp3) is 0. The van der Waals surface area contributed by atoms with Crippen LogP contribution < -0.4 is 0 Å². The molecule has 11 aromatic rings. The number of thiophene rings is 1. The summed E-state index contributed by atoms with van der Waals surface area (Å²) in [5.41, 5.74) is 12.1. The third-order valence-corrected chi connectivity index (χ3v) is 11.7. The molecule has 0 fully saturated rings. The maximum Gasteiger partial charge on any atom is 0.0547 e. The Morgan fingerprint density at radius 2 is 0.961 bits per heavy atom. The molecule has 8 aromatic carbocycles. The van der Waals surface area contributed by atoms with Gasteiger partial charge in [-0.15, -0.1) is 11.3 Å². The topological polar surface area (TPSA) is 9.86 Å². The van der Waals surface area contributed by atoms with Crippen molar-refractivity contribution in [2.24, 2.45) is 0 Å². The molecule has 0 bridgehead atoms.